The topological polar surface area (TPSA) is 61.0 Å². The third kappa shape index (κ3) is 2.49. The summed E-state index contributed by atoms with van der Waals surface area (Å²) < 4.78 is 5.50. The second kappa shape index (κ2) is 4.78. The molecule has 0 aliphatic heterocycles. The van der Waals surface area contributed by atoms with Gasteiger partial charge in [0.2, 0.25) is 0 Å². The maximum absolute atomic E-state index is 6.01. The van der Waals surface area contributed by atoms with E-state index in [1.54, 1.807) is 6.07 Å². The lowest BCUT2D eigenvalue weighted by Crippen LogP contribution is -1.97. The Balaban J connectivity index is 2.19. The molecule has 0 fully saturated rings. The molecule has 16 heavy (non-hydrogen) atoms. The molecule has 0 aliphatic rings. The smallest absolute Gasteiger partial charge is 0.299 e. The van der Waals surface area contributed by atoms with Gasteiger partial charge in [0.1, 0.15) is 10.8 Å². The first kappa shape index (κ1) is 11.3. The number of aromatic nitrogens is 2. The quantitative estimate of drug-likeness (QED) is 0.916. The molecular weight excluding hydrogens is 246 g/mol. The molecule has 1 heterocycles. The maximum atomic E-state index is 6.01. The van der Waals surface area contributed by atoms with Crippen molar-refractivity contribution in [1.29, 1.82) is 0 Å². The van der Waals surface area contributed by atoms with Crippen LogP contribution in [0.15, 0.2) is 18.2 Å². The Labute approximate surface area is 102 Å². The minimum atomic E-state index is 0.414. The molecule has 0 atom stereocenters. The van der Waals surface area contributed by atoms with E-state index in [0.717, 1.165) is 10.6 Å². The van der Waals surface area contributed by atoms with Crippen LogP contribution in [-0.4, -0.2) is 10.2 Å². The number of benzene rings is 1. The van der Waals surface area contributed by atoms with E-state index in [9.17, 15) is 0 Å². The van der Waals surface area contributed by atoms with Gasteiger partial charge in [-0.25, -0.2) is 0 Å². The minimum absolute atomic E-state index is 0.414. The Morgan fingerprint density at radius 1 is 1.44 bits per heavy atom. The Morgan fingerprint density at radius 3 is 2.81 bits per heavy atom. The monoisotopic (exact) mass is 255 g/mol. The number of aryl methyl sites for hydroxylation is 1. The van der Waals surface area contributed by atoms with Crippen molar-refractivity contribution in [3.8, 4) is 10.9 Å². The van der Waals surface area contributed by atoms with Gasteiger partial charge in [-0.15, -0.1) is 5.10 Å². The predicted molar refractivity (Wildman–Crippen MR) is 64.1 cm³/mol. The van der Waals surface area contributed by atoms with Crippen molar-refractivity contribution in [2.24, 2.45) is 5.73 Å². The molecule has 0 saturated carbocycles. The molecule has 84 valence electrons. The third-order valence-electron chi connectivity index (χ3n) is 1.96. The summed E-state index contributed by atoms with van der Waals surface area (Å²) in [5.74, 6) is 0.637. The molecule has 2 aromatic rings. The van der Waals surface area contributed by atoms with E-state index in [2.05, 4.69) is 10.2 Å². The molecule has 0 amide bonds. The molecule has 0 saturated heterocycles. The summed E-state index contributed by atoms with van der Waals surface area (Å²) in [5, 5.41) is 9.69. The molecule has 1 aromatic heterocycles. The fourth-order valence-corrected chi connectivity index (χ4v) is 1.98. The molecule has 0 bridgehead atoms. The zero-order valence-corrected chi connectivity index (χ0v) is 10.2. The van der Waals surface area contributed by atoms with E-state index >= 15 is 0 Å². The van der Waals surface area contributed by atoms with Gasteiger partial charge < -0.3 is 10.5 Å². The summed E-state index contributed by atoms with van der Waals surface area (Å²) in [5.41, 5.74) is 6.40. The lowest BCUT2D eigenvalue weighted by Gasteiger charge is -2.04. The number of ether oxygens (including phenoxy) is 1. The first-order chi connectivity index (χ1) is 7.69. The Bertz CT molecular complexity index is 501. The van der Waals surface area contributed by atoms with Gasteiger partial charge in [0.25, 0.3) is 5.19 Å². The average molecular weight is 256 g/mol. The summed E-state index contributed by atoms with van der Waals surface area (Å²) in [6.07, 6.45) is 0. The first-order valence-electron chi connectivity index (χ1n) is 4.65. The van der Waals surface area contributed by atoms with Crippen LogP contribution in [0.2, 0.25) is 5.02 Å². The molecule has 0 radical (unpaired) electrons. The summed E-state index contributed by atoms with van der Waals surface area (Å²) >= 11 is 7.39. The Morgan fingerprint density at radius 2 is 2.25 bits per heavy atom. The van der Waals surface area contributed by atoms with Crippen LogP contribution >= 0.6 is 22.9 Å². The largest absolute Gasteiger partial charge is 0.430 e. The van der Waals surface area contributed by atoms with Crippen molar-refractivity contribution >= 4 is 22.9 Å². The highest BCUT2D eigenvalue weighted by atomic mass is 35.5. The average Bonchev–Trinajstić information content (AvgIpc) is 2.64. The molecule has 6 heteroatoms. The van der Waals surface area contributed by atoms with Gasteiger partial charge in [0.05, 0.1) is 0 Å². The fraction of sp³-hybridized carbons (Fsp3) is 0.200. The van der Waals surface area contributed by atoms with E-state index in [1.165, 1.54) is 11.3 Å². The van der Waals surface area contributed by atoms with Crippen molar-refractivity contribution in [3.63, 3.8) is 0 Å². The van der Waals surface area contributed by atoms with Crippen LogP contribution in [0.5, 0.6) is 10.9 Å². The van der Waals surface area contributed by atoms with Crippen molar-refractivity contribution in [2.75, 3.05) is 0 Å². The van der Waals surface area contributed by atoms with Gasteiger partial charge in [0.15, 0.2) is 0 Å². The number of nitrogens with two attached hydrogens (primary N) is 1. The molecular formula is C10H10ClN3OS. The lowest BCUT2D eigenvalue weighted by atomic mass is 10.2. The van der Waals surface area contributed by atoms with Crippen LogP contribution in [0.3, 0.4) is 0 Å². The fourth-order valence-electron chi connectivity index (χ4n) is 1.18. The highest BCUT2D eigenvalue weighted by molar-refractivity contribution is 7.13. The van der Waals surface area contributed by atoms with Gasteiger partial charge in [-0.05, 0) is 24.6 Å². The summed E-state index contributed by atoms with van der Waals surface area (Å²) in [6.45, 7) is 2.28. The zero-order valence-electron chi connectivity index (χ0n) is 8.61. The molecule has 2 N–H and O–H groups in total. The van der Waals surface area contributed by atoms with E-state index in [4.69, 9.17) is 22.1 Å². The van der Waals surface area contributed by atoms with Crippen LogP contribution in [0.25, 0.3) is 0 Å². The standard InChI is InChI=1S/C10H10ClN3OS/c1-6-13-14-10(16-6)15-8-3-2-7(5-12)9(11)4-8/h2-4H,5,12H2,1H3. The summed E-state index contributed by atoms with van der Waals surface area (Å²) in [6, 6.07) is 5.37. The Kier molecular flexibility index (Phi) is 3.38. The molecule has 4 nitrogen and oxygen atoms in total. The van der Waals surface area contributed by atoms with Crippen LogP contribution in [-0.2, 0) is 6.54 Å². The van der Waals surface area contributed by atoms with Gasteiger partial charge in [0, 0.05) is 11.6 Å². The second-order valence-electron chi connectivity index (χ2n) is 3.15. The number of rotatable bonds is 3. The van der Waals surface area contributed by atoms with Crippen LogP contribution < -0.4 is 10.5 Å². The molecule has 0 unspecified atom stereocenters. The molecule has 2 rings (SSSR count). The number of hydrogen-bond acceptors (Lipinski definition) is 5. The molecule has 0 aliphatic carbocycles. The summed E-state index contributed by atoms with van der Waals surface area (Å²) in [4.78, 5) is 0. The van der Waals surface area contributed by atoms with Crippen molar-refractivity contribution in [1.82, 2.24) is 10.2 Å². The second-order valence-corrected chi connectivity index (χ2v) is 4.70. The van der Waals surface area contributed by atoms with E-state index in [0.29, 0.717) is 22.5 Å². The summed E-state index contributed by atoms with van der Waals surface area (Å²) in [7, 11) is 0. The molecule has 1 aromatic carbocycles. The molecule has 0 spiro atoms. The lowest BCUT2D eigenvalue weighted by molar-refractivity contribution is 0.473. The van der Waals surface area contributed by atoms with Crippen molar-refractivity contribution < 1.29 is 4.74 Å². The van der Waals surface area contributed by atoms with Gasteiger partial charge in [-0.2, -0.15) is 0 Å². The zero-order chi connectivity index (χ0) is 11.5. The van der Waals surface area contributed by atoms with E-state index in [1.807, 2.05) is 19.1 Å². The number of nitrogens with zero attached hydrogens (tertiary/aromatic N) is 2. The third-order valence-corrected chi connectivity index (χ3v) is 3.03. The van der Waals surface area contributed by atoms with Crippen LogP contribution in [0, 0.1) is 6.92 Å². The highest BCUT2D eigenvalue weighted by Gasteiger charge is 2.05. The van der Waals surface area contributed by atoms with Gasteiger partial charge in [-0.3, -0.25) is 0 Å². The van der Waals surface area contributed by atoms with Crippen LogP contribution in [0.1, 0.15) is 10.6 Å². The Hall–Kier alpha value is -1.17. The van der Waals surface area contributed by atoms with Crippen molar-refractivity contribution in [2.45, 2.75) is 13.5 Å². The maximum Gasteiger partial charge on any atom is 0.299 e. The number of hydrogen-bond donors (Lipinski definition) is 1. The van der Waals surface area contributed by atoms with E-state index in [-0.39, 0.29) is 0 Å². The first-order valence-corrected chi connectivity index (χ1v) is 5.85. The van der Waals surface area contributed by atoms with E-state index < -0.39 is 0 Å². The normalized spacial score (nSPS) is 10.4. The van der Waals surface area contributed by atoms with Gasteiger partial charge in [-0.1, -0.05) is 34.1 Å². The minimum Gasteiger partial charge on any atom is -0.430 e. The SMILES string of the molecule is Cc1nnc(Oc2ccc(CN)c(Cl)c2)s1. The van der Waals surface area contributed by atoms with Gasteiger partial charge >= 0.3 is 0 Å². The van der Waals surface area contributed by atoms with Crippen LogP contribution in [0.4, 0.5) is 0 Å². The van der Waals surface area contributed by atoms with Crippen molar-refractivity contribution in [3.05, 3.63) is 33.8 Å². The number of halogens is 1. The highest BCUT2D eigenvalue weighted by Crippen LogP contribution is 2.28. The predicted octanol–water partition coefficient (Wildman–Crippen LogP) is 2.75.